The molecule has 2 atom stereocenters. The minimum absolute atomic E-state index is 0.169. The van der Waals surface area contributed by atoms with Crippen LogP contribution in [-0.2, 0) is 0 Å². The molecule has 0 N–H and O–H groups in total. The van der Waals surface area contributed by atoms with Crippen LogP contribution in [0.15, 0.2) is 59.7 Å². The summed E-state index contributed by atoms with van der Waals surface area (Å²) in [4.78, 5) is 0. The maximum absolute atomic E-state index is 13.2. The molecular weight excluding hydrogens is 331 g/mol. The Hall–Kier alpha value is -2.67. The molecule has 1 heteroatoms. The molecule has 27 heavy (non-hydrogen) atoms. The largest absolute Gasteiger partial charge is 0.207 e. The molecule has 0 fully saturated rings. The summed E-state index contributed by atoms with van der Waals surface area (Å²) in [5.74, 6) is 0.671. The molecule has 0 nitrogen and oxygen atoms in total. The van der Waals surface area contributed by atoms with Gasteiger partial charge in [0.25, 0.3) is 0 Å². The fraction of sp³-hybridized carbons (Fsp3) is 0.231. The van der Waals surface area contributed by atoms with Crippen LogP contribution in [0, 0.1) is 11.7 Å². The first-order chi connectivity index (χ1) is 13.1. The molecule has 0 radical (unpaired) electrons. The van der Waals surface area contributed by atoms with Crippen molar-refractivity contribution in [3.05, 3.63) is 92.6 Å². The predicted molar refractivity (Wildman–Crippen MR) is 112 cm³/mol. The number of hydrogen-bond donors (Lipinski definition) is 0. The summed E-state index contributed by atoms with van der Waals surface area (Å²) in [6, 6.07) is 11.5. The summed E-state index contributed by atoms with van der Waals surface area (Å²) in [7, 11) is 0. The van der Waals surface area contributed by atoms with Gasteiger partial charge in [0.15, 0.2) is 0 Å². The zero-order valence-electron chi connectivity index (χ0n) is 15.8. The van der Waals surface area contributed by atoms with Crippen LogP contribution in [0.3, 0.4) is 0 Å². The Labute approximate surface area is 159 Å². The van der Waals surface area contributed by atoms with Crippen LogP contribution in [0.25, 0.3) is 23.8 Å². The van der Waals surface area contributed by atoms with Gasteiger partial charge in [-0.15, -0.1) is 0 Å². The molecule has 0 heterocycles. The first kappa shape index (κ1) is 16.5. The van der Waals surface area contributed by atoms with Gasteiger partial charge >= 0.3 is 0 Å². The minimum atomic E-state index is -0.169. The number of allylic oxidation sites excluding steroid dienone is 5. The van der Waals surface area contributed by atoms with Crippen molar-refractivity contribution in [3.63, 3.8) is 0 Å². The van der Waals surface area contributed by atoms with Crippen LogP contribution < -0.4 is 10.4 Å². The van der Waals surface area contributed by atoms with Gasteiger partial charge in [0.1, 0.15) is 5.82 Å². The first-order valence-corrected chi connectivity index (χ1v) is 9.79. The third kappa shape index (κ3) is 2.73. The van der Waals surface area contributed by atoms with E-state index < -0.39 is 0 Å². The van der Waals surface area contributed by atoms with E-state index >= 15 is 0 Å². The molecule has 0 spiro atoms. The van der Waals surface area contributed by atoms with Gasteiger partial charge in [-0.3, -0.25) is 0 Å². The fourth-order valence-electron chi connectivity index (χ4n) is 4.59. The second kappa shape index (κ2) is 6.20. The molecule has 0 aromatic heterocycles. The van der Waals surface area contributed by atoms with Crippen LogP contribution in [0.4, 0.5) is 4.39 Å². The number of hydrogen-bond acceptors (Lipinski definition) is 0. The monoisotopic (exact) mass is 354 g/mol. The Morgan fingerprint density at radius 3 is 2.63 bits per heavy atom. The van der Waals surface area contributed by atoms with E-state index in [1.54, 1.807) is 12.1 Å². The fourth-order valence-corrected chi connectivity index (χ4v) is 4.59. The molecular formula is C26H23F. The lowest BCUT2D eigenvalue weighted by Gasteiger charge is -2.26. The van der Waals surface area contributed by atoms with E-state index in [4.69, 9.17) is 0 Å². The molecule has 3 aliphatic carbocycles. The molecule has 0 aliphatic heterocycles. The van der Waals surface area contributed by atoms with E-state index in [2.05, 4.69) is 56.4 Å². The van der Waals surface area contributed by atoms with Gasteiger partial charge in [-0.25, -0.2) is 4.39 Å². The Morgan fingerprint density at radius 1 is 1.00 bits per heavy atom. The van der Waals surface area contributed by atoms with Crippen LogP contribution >= 0.6 is 0 Å². The van der Waals surface area contributed by atoms with Gasteiger partial charge in [-0.05, 0) is 70.5 Å². The van der Waals surface area contributed by atoms with Gasteiger partial charge in [-0.2, -0.15) is 0 Å². The summed E-state index contributed by atoms with van der Waals surface area (Å²) in [6.45, 7) is 4.49. The van der Waals surface area contributed by atoms with Crippen molar-refractivity contribution in [2.75, 3.05) is 0 Å². The molecule has 2 unspecified atom stereocenters. The normalized spacial score (nSPS) is 22.9. The van der Waals surface area contributed by atoms with Crippen molar-refractivity contribution < 1.29 is 4.39 Å². The first-order valence-electron chi connectivity index (χ1n) is 9.79. The molecule has 0 saturated carbocycles. The zero-order valence-corrected chi connectivity index (χ0v) is 15.8. The highest BCUT2D eigenvalue weighted by molar-refractivity contribution is 5.83. The van der Waals surface area contributed by atoms with E-state index in [1.807, 2.05) is 12.1 Å². The van der Waals surface area contributed by atoms with Crippen LogP contribution in [-0.4, -0.2) is 0 Å². The number of rotatable bonds is 1. The summed E-state index contributed by atoms with van der Waals surface area (Å²) in [5.41, 5.74) is 8.21. The SMILES string of the molecule is CC1=Cc2ccc3c(c2=CC1C)=CCC1=C3C=CC(c2ccc(F)cc2)C1. The van der Waals surface area contributed by atoms with E-state index in [0.29, 0.717) is 11.8 Å². The lowest BCUT2D eigenvalue weighted by atomic mass is 9.78. The van der Waals surface area contributed by atoms with Gasteiger partial charge in [0, 0.05) is 5.92 Å². The molecule has 5 rings (SSSR count). The third-order valence-electron chi connectivity index (χ3n) is 6.32. The van der Waals surface area contributed by atoms with E-state index in [-0.39, 0.29) is 5.82 Å². The van der Waals surface area contributed by atoms with Crippen molar-refractivity contribution in [3.8, 4) is 0 Å². The summed E-state index contributed by atoms with van der Waals surface area (Å²) >= 11 is 0. The summed E-state index contributed by atoms with van der Waals surface area (Å²) in [6.07, 6.45) is 13.8. The summed E-state index contributed by atoms with van der Waals surface area (Å²) < 4.78 is 13.2. The van der Waals surface area contributed by atoms with Crippen LogP contribution in [0.5, 0.6) is 0 Å². The van der Waals surface area contributed by atoms with Crippen LogP contribution in [0.1, 0.15) is 49.3 Å². The van der Waals surface area contributed by atoms with Crippen molar-refractivity contribution in [2.45, 2.75) is 32.6 Å². The second-order valence-electron chi connectivity index (χ2n) is 8.02. The summed E-state index contributed by atoms with van der Waals surface area (Å²) in [5, 5.41) is 2.79. The van der Waals surface area contributed by atoms with Gasteiger partial charge in [-0.1, -0.05) is 72.7 Å². The van der Waals surface area contributed by atoms with Crippen molar-refractivity contribution in [2.24, 2.45) is 5.92 Å². The van der Waals surface area contributed by atoms with E-state index in [0.717, 1.165) is 12.8 Å². The molecule has 134 valence electrons. The Balaban J connectivity index is 1.55. The highest BCUT2D eigenvalue weighted by Gasteiger charge is 2.22. The van der Waals surface area contributed by atoms with E-state index in [1.165, 1.54) is 43.8 Å². The van der Waals surface area contributed by atoms with Gasteiger partial charge in [0.05, 0.1) is 0 Å². The second-order valence-corrected chi connectivity index (χ2v) is 8.02. The molecule has 0 bridgehead atoms. The lowest BCUT2D eigenvalue weighted by molar-refractivity contribution is 0.626. The number of fused-ring (bicyclic) bond motifs is 4. The number of benzene rings is 2. The van der Waals surface area contributed by atoms with Gasteiger partial charge in [0.2, 0.25) is 0 Å². The highest BCUT2D eigenvalue weighted by atomic mass is 19.1. The molecule has 0 amide bonds. The van der Waals surface area contributed by atoms with Crippen molar-refractivity contribution >= 4 is 23.8 Å². The molecule has 3 aliphatic rings. The topological polar surface area (TPSA) is 0 Å². The number of halogens is 1. The molecule has 2 aromatic carbocycles. The maximum Gasteiger partial charge on any atom is 0.123 e. The third-order valence-corrected chi connectivity index (χ3v) is 6.32. The Morgan fingerprint density at radius 2 is 1.81 bits per heavy atom. The van der Waals surface area contributed by atoms with Gasteiger partial charge < -0.3 is 0 Å². The smallest absolute Gasteiger partial charge is 0.123 e. The standard InChI is InChI=1S/C26H23F/c1-16-13-20-6-11-24-23-10-5-19(18-3-8-22(27)9-4-18)15-21(23)7-12-25(24)26(20)14-17(16)2/h3-6,8-14,17,19H,7,15H2,1-2H3. The maximum atomic E-state index is 13.2. The van der Waals surface area contributed by atoms with E-state index in [9.17, 15) is 4.39 Å². The average Bonchev–Trinajstić information content (AvgIpc) is 2.68. The van der Waals surface area contributed by atoms with Crippen LogP contribution in [0.2, 0.25) is 0 Å². The van der Waals surface area contributed by atoms with Crippen molar-refractivity contribution in [1.82, 2.24) is 0 Å². The average molecular weight is 354 g/mol. The Bertz CT molecular complexity index is 1140. The minimum Gasteiger partial charge on any atom is -0.207 e. The lowest BCUT2D eigenvalue weighted by Crippen LogP contribution is -2.34. The molecule has 0 saturated heterocycles. The Kier molecular flexibility index (Phi) is 3.79. The predicted octanol–water partition coefficient (Wildman–Crippen LogP) is 5.34. The highest BCUT2D eigenvalue weighted by Crippen LogP contribution is 2.37. The van der Waals surface area contributed by atoms with Crippen molar-refractivity contribution in [1.29, 1.82) is 0 Å². The zero-order chi connectivity index (χ0) is 18.5. The quantitative estimate of drug-likeness (QED) is 0.648. The molecule has 2 aromatic rings.